The van der Waals surface area contributed by atoms with Crippen molar-refractivity contribution in [1.29, 1.82) is 0 Å². The number of anilines is 1. The molecule has 2 aromatic rings. The van der Waals surface area contributed by atoms with E-state index in [1.807, 2.05) is 6.92 Å². The van der Waals surface area contributed by atoms with Gasteiger partial charge in [-0.3, -0.25) is 9.36 Å². The molecule has 0 spiro atoms. The molecule has 0 fully saturated rings. The molecule has 0 bridgehead atoms. The van der Waals surface area contributed by atoms with E-state index in [0.717, 1.165) is 16.1 Å². The number of rotatable bonds is 4. The van der Waals surface area contributed by atoms with E-state index in [9.17, 15) is 13.2 Å². The van der Waals surface area contributed by atoms with E-state index in [2.05, 4.69) is 15.5 Å². The van der Waals surface area contributed by atoms with Crippen molar-refractivity contribution in [3.8, 4) is 0 Å². The zero-order valence-electron chi connectivity index (χ0n) is 11.0. The summed E-state index contributed by atoms with van der Waals surface area (Å²) in [6.07, 6.45) is 0.265. The maximum absolute atomic E-state index is 12.2. The highest BCUT2D eigenvalue weighted by Gasteiger charge is 2.28. The van der Waals surface area contributed by atoms with E-state index in [-0.39, 0.29) is 12.4 Å². The van der Waals surface area contributed by atoms with Gasteiger partial charge in [-0.15, -0.1) is 12.4 Å². The van der Waals surface area contributed by atoms with Crippen LogP contribution in [-0.2, 0) is 20.1 Å². The maximum Gasteiger partial charge on any atom is 0.408 e. The summed E-state index contributed by atoms with van der Waals surface area (Å²) >= 11 is 0. The van der Waals surface area contributed by atoms with Crippen LogP contribution in [0.1, 0.15) is 11.1 Å². The van der Waals surface area contributed by atoms with Gasteiger partial charge in [-0.1, -0.05) is 0 Å². The normalized spacial score (nSPS) is 11.2. The molecule has 0 unspecified atom stereocenters. The van der Waals surface area contributed by atoms with Crippen molar-refractivity contribution in [3.05, 3.63) is 29.7 Å². The summed E-state index contributed by atoms with van der Waals surface area (Å²) in [5.41, 5.74) is 1.66. The monoisotopic (exact) mass is 309 g/mol. The van der Waals surface area contributed by atoms with Crippen LogP contribution in [0.15, 0.2) is 18.6 Å². The van der Waals surface area contributed by atoms with Gasteiger partial charge in [-0.25, -0.2) is 0 Å². The molecule has 0 aliphatic rings. The van der Waals surface area contributed by atoms with Crippen LogP contribution >= 0.6 is 12.4 Å². The third-order valence-electron chi connectivity index (χ3n) is 2.61. The van der Waals surface area contributed by atoms with E-state index in [0.29, 0.717) is 12.1 Å². The second-order valence-electron chi connectivity index (χ2n) is 4.31. The number of nitrogens with zero attached hydrogens (tertiary/aromatic N) is 4. The predicted octanol–water partition coefficient (Wildman–Crippen LogP) is 2.52. The SMILES string of the molecule is Cc1cnn(C)c1NCc1cnn(CC(F)(F)F)c1.Cl. The van der Waals surface area contributed by atoms with Gasteiger partial charge in [0.25, 0.3) is 0 Å². The summed E-state index contributed by atoms with van der Waals surface area (Å²) in [7, 11) is 1.79. The van der Waals surface area contributed by atoms with Crippen LogP contribution in [0, 0.1) is 6.92 Å². The van der Waals surface area contributed by atoms with Gasteiger partial charge in [0.15, 0.2) is 0 Å². The Kier molecular flexibility index (Phi) is 5.04. The van der Waals surface area contributed by atoms with Crippen molar-refractivity contribution in [1.82, 2.24) is 19.6 Å². The first-order valence-electron chi connectivity index (χ1n) is 5.66. The smallest absolute Gasteiger partial charge is 0.366 e. The van der Waals surface area contributed by atoms with Crippen molar-refractivity contribution < 1.29 is 13.2 Å². The van der Waals surface area contributed by atoms with Crippen LogP contribution in [0.5, 0.6) is 0 Å². The third kappa shape index (κ3) is 4.16. The molecular weight excluding hydrogens is 295 g/mol. The number of hydrogen-bond acceptors (Lipinski definition) is 3. The van der Waals surface area contributed by atoms with Gasteiger partial charge in [0.1, 0.15) is 12.4 Å². The molecule has 112 valence electrons. The third-order valence-corrected chi connectivity index (χ3v) is 2.61. The summed E-state index contributed by atoms with van der Waals surface area (Å²) < 4.78 is 39.1. The summed E-state index contributed by atoms with van der Waals surface area (Å²) in [6, 6.07) is 0. The molecule has 0 aliphatic heterocycles. The molecule has 2 rings (SSSR count). The molecule has 5 nitrogen and oxygen atoms in total. The average Bonchev–Trinajstić information content (AvgIpc) is 2.83. The largest absolute Gasteiger partial charge is 0.408 e. The topological polar surface area (TPSA) is 47.7 Å². The fraction of sp³-hybridized carbons (Fsp3) is 0.455. The lowest BCUT2D eigenvalue weighted by molar-refractivity contribution is -0.142. The molecule has 0 saturated carbocycles. The van der Waals surface area contributed by atoms with Gasteiger partial charge in [0, 0.05) is 30.9 Å². The van der Waals surface area contributed by atoms with Crippen LogP contribution in [0.2, 0.25) is 0 Å². The lowest BCUT2D eigenvalue weighted by atomic mass is 10.3. The van der Waals surface area contributed by atoms with E-state index < -0.39 is 12.7 Å². The fourth-order valence-corrected chi connectivity index (χ4v) is 1.75. The highest BCUT2D eigenvalue weighted by Crippen LogP contribution is 2.18. The summed E-state index contributed by atoms with van der Waals surface area (Å²) in [5, 5.41) is 10.9. The second-order valence-corrected chi connectivity index (χ2v) is 4.31. The molecule has 0 aromatic carbocycles. The molecule has 0 aliphatic carbocycles. The number of alkyl halides is 3. The summed E-state index contributed by atoms with van der Waals surface area (Å²) in [6.45, 7) is 1.23. The molecular formula is C11H15ClF3N5. The van der Waals surface area contributed by atoms with Crippen molar-refractivity contribution in [3.63, 3.8) is 0 Å². The molecule has 0 amide bonds. The van der Waals surface area contributed by atoms with Gasteiger partial charge < -0.3 is 5.32 Å². The van der Waals surface area contributed by atoms with Crippen LogP contribution in [0.4, 0.5) is 19.0 Å². The second kappa shape index (κ2) is 6.17. The Labute approximate surface area is 120 Å². The Morgan fingerprint density at radius 1 is 1.25 bits per heavy atom. The standard InChI is InChI=1S/C11H14F3N5.ClH/c1-8-3-16-18(2)10(8)15-4-9-5-17-19(6-9)7-11(12,13)14;/h3,5-6,15H,4,7H2,1-2H3;1H. The van der Waals surface area contributed by atoms with Crippen molar-refractivity contribution in [2.24, 2.45) is 7.05 Å². The van der Waals surface area contributed by atoms with Crippen LogP contribution in [0.25, 0.3) is 0 Å². The van der Waals surface area contributed by atoms with E-state index in [1.54, 1.807) is 17.9 Å². The molecule has 2 aromatic heterocycles. The molecule has 2 heterocycles. The minimum Gasteiger partial charge on any atom is -0.366 e. The van der Waals surface area contributed by atoms with E-state index in [1.165, 1.54) is 12.4 Å². The Bertz CT molecular complexity index is 541. The lowest BCUT2D eigenvalue weighted by Gasteiger charge is -2.07. The number of aryl methyl sites for hydroxylation is 2. The zero-order valence-corrected chi connectivity index (χ0v) is 11.8. The van der Waals surface area contributed by atoms with Crippen molar-refractivity contribution in [2.75, 3.05) is 5.32 Å². The van der Waals surface area contributed by atoms with Crippen LogP contribution in [-0.4, -0.2) is 25.7 Å². The molecule has 1 N–H and O–H groups in total. The highest BCUT2D eigenvalue weighted by molar-refractivity contribution is 5.85. The Morgan fingerprint density at radius 3 is 2.50 bits per heavy atom. The minimum atomic E-state index is -4.25. The van der Waals surface area contributed by atoms with Gasteiger partial charge in [-0.2, -0.15) is 23.4 Å². The quantitative estimate of drug-likeness (QED) is 0.944. The van der Waals surface area contributed by atoms with E-state index in [4.69, 9.17) is 0 Å². The van der Waals surface area contributed by atoms with Crippen molar-refractivity contribution >= 4 is 18.2 Å². The molecule has 0 atom stereocenters. The first kappa shape index (κ1) is 16.4. The van der Waals surface area contributed by atoms with Crippen molar-refractivity contribution in [2.45, 2.75) is 26.2 Å². The molecule has 9 heteroatoms. The number of nitrogens with one attached hydrogen (secondary N) is 1. The molecule has 0 radical (unpaired) electrons. The lowest BCUT2D eigenvalue weighted by Crippen LogP contribution is -2.17. The maximum atomic E-state index is 12.2. The van der Waals surface area contributed by atoms with E-state index >= 15 is 0 Å². The van der Waals surface area contributed by atoms with Gasteiger partial charge in [-0.05, 0) is 6.92 Å². The average molecular weight is 310 g/mol. The first-order valence-corrected chi connectivity index (χ1v) is 5.66. The minimum absolute atomic E-state index is 0. The number of halogens is 4. The van der Waals surface area contributed by atoms with Crippen LogP contribution < -0.4 is 5.32 Å². The zero-order chi connectivity index (χ0) is 14.0. The predicted molar refractivity (Wildman–Crippen MR) is 70.8 cm³/mol. The molecule has 0 saturated heterocycles. The Balaban J connectivity index is 0.00000200. The van der Waals surface area contributed by atoms with Gasteiger partial charge in [0.05, 0.1) is 12.4 Å². The Morgan fingerprint density at radius 2 is 1.95 bits per heavy atom. The highest BCUT2D eigenvalue weighted by atomic mass is 35.5. The molecule has 20 heavy (non-hydrogen) atoms. The first-order chi connectivity index (χ1) is 8.85. The summed E-state index contributed by atoms with van der Waals surface area (Å²) in [4.78, 5) is 0. The van der Waals surface area contributed by atoms with Gasteiger partial charge in [0.2, 0.25) is 0 Å². The number of hydrogen-bond donors (Lipinski definition) is 1. The Hall–Kier alpha value is -1.70. The summed E-state index contributed by atoms with van der Waals surface area (Å²) in [5.74, 6) is 0.837. The number of aromatic nitrogens is 4. The fourth-order valence-electron chi connectivity index (χ4n) is 1.75. The van der Waals surface area contributed by atoms with Crippen LogP contribution in [0.3, 0.4) is 0 Å². The van der Waals surface area contributed by atoms with Gasteiger partial charge >= 0.3 is 6.18 Å².